The van der Waals surface area contributed by atoms with E-state index in [1.54, 1.807) is 6.92 Å². The molecule has 1 aromatic rings. The maximum absolute atomic E-state index is 13.3. The minimum absolute atomic E-state index is 0.0910. The molecule has 1 heterocycles. The fraction of sp³-hybridized carbons (Fsp3) is 0.400. The third-order valence-corrected chi connectivity index (χ3v) is 3.49. The van der Waals surface area contributed by atoms with Crippen LogP contribution in [0.1, 0.15) is 41.6 Å². The second-order valence-electron chi connectivity index (χ2n) is 5.11. The van der Waals surface area contributed by atoms with Gasteiger partial charge >= 0.3 is 5.97 Å². The third kappa shape index (κ3) is 3.09. The summed E-state index contributed by atoms with van der Waals surface area (Å²) in [6, 6.07) is 2.38. The van der Waals surface area contributed by atoms with Gasteiger partial charge in [-0.25, -0.2) is 4.39 Å². The molecule has 2 rings (SSSR count). The maximum atomic E-state index is 13.3. The summed E-state index contributed by atoms with van der Waals surface area (Å²) in [5.41, 5.74) is 1.14. The van der Waals surface area contributed by atoms with Crippen LogP contribution in [0.15, 0.2) is 12.1 Å². The summed E-state index contributed by atoms with van der Waals surface area (Å²) in [6.07, 6.45) is 1.87. The monoisotopic (exact) mass is 293 g/mol. The minimum Gasteiger partial charge on any atom is -0.481 e. The fourth-order valence-corrected chi connectivity index (χ4v) is 2.54. The summed E-state index contributed by atoms with van der Waals surface area (Å²) < 4.78 is 13.3. The van der Waals surface area contributed by atoms with Gasteiger partial charge in [-0.3, -0.25) is 14.4 Å². The first-order valence-corrected chi connectivity index (χ1v) is 6.80. The lowest BCUT2D eigenvalue weighted by molar-refractivity contribution is -0.137. The summed E-state index contributed by atoms with van der Waals surface area (Å²) in [6.45, 7) is 1.99. The number of aryl methyl sites for hydroxylation is 1. The molecule has 0 atom stereocenters. The van der Waals surface area contributed by atoms with Gasteiger partial charge in [0.25, 0.3) is 11.7 Å². The van der Waals surface area contributed by atoms with Crippen LogP contribution in [0, 0.1) is 12.7 Å². The molecule has 0 fully saturated rings. The Morgan fingerprint density at radius 1 is 1.24 bits per heavy atom. The van der Waals surface area contributed by atoms with Crippen molar-refractivity contribution >= 4 is 23.3 Å². The zero-order valence-corrected chi connectivity index (χ0v) is 11.7. The maximum Gasteiger partial charge on any atom is 0.303 e. The largest absolute Gasteiger partial charge is 0.481 e. The van der Waals surface area contributed by atoms with Crippen molar-refractivity contribution in [2.45, 2.75) is 32.6 Å². The molecule has 112 valence electrons. The van der Waals surface area contributed by atoms with E-state index in [9.17, 15) is 18.8 Å². The van der Waals surface area contributed by atoms with Crippen LogP contribution < -0.4 is 4.90 Å². The van der Waals surface area contributed by atoms with E-state index >= 15 is 0 Å². The Kier molecular flexibility index (Phi) is 4.35. The van der Waals surface area contributed by atoms with Crippen LogP contribution in [0.25, 0.3) is 0 Å². The first-order valence-electron chi connectivity index (χ1n) is 6.80. The predicted molar refractivity (Wildman–Crippen MR) is 73.9 cm³/mol. The molecular weight excluding hydrogens is 277 g/mol. The molecule has 1 aliphatic rings. The van der Waals surface area contributed by atoms with Crippen LogP contribution in [0.2, 0.25) is 0 Å². The molecule has 0 bridgehead atoms. The van der Waals surface area contributed by atoms with Crippen LogP contribution in [-0.2, 0) is 9.59 Å². The molecule has 0 saturated carbocycles. The van der Waals surface area contributed by atoms with E-state index in [0.717, 1.165) is 6.07 Å². The van der Waals surface area contributed by atoms with Crippen LogP contribution >= 0.6 is 0 Å². The van der Waals surface area contributed by atoms with Crippen molar-refractivity contribution in [2.24, 2.45) is 0 Å². The predicted octanol–water partition coefficient (Wildman–Crippen LogP) is 2.31. The number of carbonyl (C=O) groups is 3. The number of carbonyl (C=O) groups excluding carboxylic acids is 2. The average Bonchev–Trinajstić information content (AvgIpc) is 2.63. The van der Waals surface area contributed by atoms with Gasteiger partial charge in [-0.1, -0.05) is 6.42 Å². The van der Waals surface area contributed by atoms with Gasteiger partial charge in [0.2, 0.25) is 0 Å². The first-order chi connectivity index (χ1) is 9.91. The summed E-state index contributed by atoms with van der Waals surface area (Å²) in [5.74, 6) is -2.70. The van der Waals surface area contributed by atoms with Crippen LogP contribution in [-0.4, -0.2) is 29.3 Å². The number of anilines is 1. The average molecular weight is 293 g/mol. The zero-order valence-electron chi connectivity index (χ0n) is 11.7. The number of rotatable bonds is 6. The van der Waals surface area contributed by atoms with Gasteiger partial charge in [-0.15, -0.1) is 0 Å². The number of benzene rings is 1. The molecule has 5 nitrogen and oxygen atoms in total. The van der Waals surface area contributed by atoms with Gasteiger partial charge in [0.1, 0.15) is 5.82 Å². The van der Waals surface area contributed by atoms with E-state index in [2.05, 4.69) is 0 Å². The summed E-state index contributed by atoms with van der Waals surface area (Å²) in [5, 5.41) is 8.55. The number of amides is 1. The Balaban J connectivity index is 2.07. The van der Waals surface area contributed by atoms with Crippen molar-refractivity contribution in [1.82, 2.24) is 0 Å². The highest BCUT2D eigenvalue weighted by Crippen LogP contribution is 2.33. The number of ketones is 1. The van der Waals surface area contributed by atoms with Gasteiger partial charge in [0.15, 0.2) is 0 Å². The van der Waals surface area contributed by atoms with E-state index in [0.29, 0.717) is 37.1 Å². The molecule has 0 unspecified atom stereocenters. The smallest absolute Gasteiger partial charge is 0.303 e. The molecular formula is C15H16FNO4. The lowest BCUT2D eigenvalue weighted by Gasteiger charge is -2.18. The van der Waals surface area contributed by atoms with E-state index < -0.39 is 23.5 Å². The molecule has 0 aromatic heterocycles. The molecule has 0 aliphatic carbocycles. The van der Waals surface area contributed by atoms with Crippen LogP contribution in [0.5, 0.6) is 0 Å². The third-order valence-electron chi connectivity index (χ3n) is 3.49. The topological polar surface area (TPSA) is 74.7 Å². The number of fused-ring (bicyclic) bond motifs is 1. The highest BCUT2D eigenvalue weighted by atomic mass is 19.1. The zero-order chi connectivity index (χ0) is 15.6. The van der Waals surface area contributed by atoms with Gasteiger partial charge in [-0.05, 0) is 37.5 Å². The van der Waals surface area contributed by atoms with Crippen LogP contribution in [0.3, 0.4) is 0 Å². The fourth-order valence-electron chi connectivity index (χ4n) is 2.54. The first kappa shape index (κ1) is 15.2. The molecule has 6 heteroatoms. The number of unbranched alkanes of at least 4 members (excludes halogenated alkanes) is 2. The minimum atomic E-state index is -0.848. The van der Waals surface area contributed by atoms with Crippen molar-refractivity contribution in [1.29, 1.82) is 0 Å². The second-order valence-corrected chi connectivity index (χ2v) is 5.11. The standard InChI is InChI=1S/C15H16FNO4/c1-9-7-10(16)8-11-13(9)17(15(21)14(11)20)6-4-2-3-5-12(18)19/h7-8H,2-6H2,1H3,(H,18,19). The number of halogens is 1. The number of carboxylic acids is 1. The lowest BCUT2D eigenvalue weighted by atomic mass is 10.1. The Labute approximate surface area is 121 Å². The second kappa shape index (κ2) is 6.03. The van der Waals surface area contributed by atoms with Crippen molar-refractivity contribution in [2.75, 3.05) is 11.4 Å². The Morgan fingerprint density at radius 2 is 1.95 bits per heavy atom. The van der Waals surface area contributed by atoms with E-state index in [1.165, 1.54) is 11.0 Å². The normalized spacial score (nSPS) is 13.7. The van der Waals surface area contributed by atoms with Gasteiger partial charge < -0.3 is 10.0 Å². The van der Waals surface area contributed by atoms with Gasteiger partial charge in [0, 0.05) is 13.0 Å². The molecule has 0 spiro atoms. The Morgan fingerprint density at radius 3 is 2.62 bits per heavy atom. The van der Waals surface area contributed by atoms with Crippen molar-refractivity contribution in [3.8, 4) is 0 Å². The lowest BCUT2D eigenvalue weighted by Crippen LogP contribution is -2.31. The molecule has 1 aromatic carbocycles. The van der Waals surface area contributed by atoms with Crippen molar-refractivity contribution in [3.63, 3.8) is 0 Å². The highest BCUT2D eigenvalue weighted by molar-refractivity contribution is 6.52. The van der Waals surface area contributed by atoms with E-state index in [4.69, 9.17) is 5.11 Å². The van der Waals surface area contributed by atoms with Crippen LogP contribution in [0.4, 0.5) is 10.1 Å². The quantitative estimate of drug-likeness (QED) is 0.645. The highest BCUT2D eigenvalue weighted by Gasteiger charge is 2.36. The molecule has 0 radical (unpaired) electrons. The number of Topliss-reactive ketones (excluding diaryl/α,β-unsaturated/α-hetero) is 1. The molecule has 0 saturated heterocycles. The number of hydrogen-bond donors (Lipinski definition) is 1. The molecule has 1 amide bonds. The Hall–Kier alpha value is -2.24. The SMILES string of the molecule is Cc1cc(F)cc2c1N(CCCCCC(=O)O)C(=O)C2=O. The number of nitrogens with zero attached hydrogens (tertiary/aromatic N) is 1. The molecule has 1 aliphatic heterocycles. The Bertz CT molecular complexity index is 612. The van der Waals surface area contributed by atoms with E-state index in [-0.39, 0.29) is 12.0 Å². The summed E-state index contributed by atoms with van der Waals surface area (Å²) in [4.78, 5) is 35.6. The summed E-state index contributed by atoms with van der Waals surface area (Å²) >= 11 is 0. The van der Waals surface area contributed by atoms with Gasteiger partial charge in [-0.2, -0.15) is 0 Å². The van der Waals surface area contributed by atoms with E-state index in [1.807, 2.05) is 0 Å². The van der Waals surface area contributed by atoms with Crippen molar-refractivity contribution < 1.29 is 23.9 Å². The molecule has 1 N–H and O–H groups in total. The number of aliphatic carboxylic acids is 1. The number of carboxylic acid groups (broad SMARTS) is 1. The molecule has 21 heavy (non-hydrogen) atoms. The van der Waals surface area contributed by atoms with Crippen molar-refractivity contribution in [3.05, 3.63) is 29.1 Å². The number of hydrogen-bond acceptors (Lipinski definition) is 3. The summed E-state index contributed by atoms with van der Waals surface area (Å²) in [7, 11) is 0. The van der Waals surface area contributed by atoms with Gasteiger partial charge in [0.05, 0.1) is 11.3 Å².